The van der Waals surface area contributed by atoms with Crippen molar-refractivity contribution in [2.75, 3.05) is 13.2 Å². The van der Waals surface area contributed by atoms with Crippen molar-refractivity contribution in [2.24, 2.45) is 5.92 Å². The molecule has 0 aliphatic rings. The Morgan fingerprint density at radius 1 is 1.33 bits per heavy atom. The van der Waals surface area contributed by atoms with Crippen LogP contribution in [0.1, 0.15) is 38.3 Å². The SMILES string of the molecule is C=C(C)c1cccc(C(C)(C)NC(=O)NCC(CO)CC(=O)O)c1. The standard InChI is InChI=1S/C18H26N2O4/c1-12(2)14-6-5-7-15(9-14)18(3,4)20-17(24)19-10-13(11-21)8-16(22)23/h5-7,9,13,21H,1,8,10-11H2,2-4H3,(H,22,23)(H2,19,20,24). The number of hydrogen-bond donors (Lipinski definition) is 4. The minimum atomic E-state index is -1.01. The van der Waals surface area contributed by atoms with E-state index in [1.54, 1.807) is 0 Å². The summed E-state index contributed by atoms with van der Waals surface area (Å²) in [7, 11) is 0. The predicted molar refractivity (Wildman–Crippen MR) is 93.5 cm³/mol. The van der Waals surface area contributed by atoms with Crippen LogP contribution in [0.3, 0.4) is 0 Å². The average Bonchev–Trinajstić information content (AvgIpc) is 2.50. The molecule has 0 aliphatic heterocycles. The molecule has 1 unspecified atom stereocenters. The fraction of sp³-hybridized carbons (Fsp3) is 0.444. The van der Waals surface area contributed by atoms with Crippen molar-refractivity contribution in [1.29, 1.82) is 0 Å². The Hall–Kier alpha value is -2.34. The lowest BCUT2D eigenvalue weighted by atomic mass is 9.92. The Bertz CT molecular complexity index is 611. The predicted octanol–water partition coefficient (Wildman–Crippen LogP) is 2.34. The largest absolute Gasteiger partial charge is 0.481 e. The zero-order valence-corrected chi connectivity index (χ0v) is 14.4. The number of nitrogens with one attached hydrogen (secondary N) is 2. The van der Waals surface area contributed by atoms with Gasteiger partial charge in [0.05, 0.1) is 12.0 Å². The molecule has 2 amide bonds. The van der Waals surface area contributed by atoms with Gasteiger partial charge in [0.25, 0.3) is 0 Å². The lowest BCUT2D eigenvalue weighted by Crippen LogP contribution is -2.47. The van der Waals surface area contributed by atoms with Crippen LogP contribution in [-0.4, -0.2) is 35.4 Å². The lowest BCUT2D eigenvalue weighted by Gasteiger charge is -2.28. The molecule has 1 aromatic carbocycles. The average molecular weight is 334 g/mol. The molecule has 4 N–H and O–H groups in total. The third-order valence-electron chi connectivity index (χ3n) is 3.78. The van der Waals surface area contributed by atoms with Gasteiger partial charge in [-0.25, -0.2) is 4.79 Å². The van der Waals surface area contributed by atoms with Crippen LogP contribution in [0.4, 0.5) is 4.79 Å². The highest BCUT2D eigenvalue weighted by Gasteiger charge is 2.23. The number of urea groups is 1. The summed E-state index contributed by atoms with van der Waals surface area (Å²) >= 11 is 0. The van der Waals surface area contributed by atoms with Gasteiger partial charge in [0, 0.05) is 19.1 Å². The molecule has 0 heterocycles. The minimum absolute atomic E-state index is 0.0938. The second kappa shape index (κ2) is 8.49. The molecule has 6 heteroatoms. The number of allylic oxidation sites excluding steroid dienone is 1. The summed E-state index contributed by atoms with van der Waals surface area (Å²) in [5.74, 6) is -1.52. The minimum Gasteiger partial charge on any atom is -0.481 e. The smallest absolute Gasteiger partial charge is 0.315 e. The van der Waals surface area contributed by atoms with Crippen LogP contribution in [0.5, 0.6) is 0 Å². The third-order valence-corrected chi connectivity index (χ3v) is 3.78. The molecule has 6 nitrogen and oxygen atoms in total. The number of benzene rings is 1. The maximum Gasteiger partial charge on any atom is 0.315 e. The third kappa shape index (κ3) is 6.04. The molecule has 1 atom stereocenters. The molecular formula is C18H26N2O4. The highest BCUT2D eigenvalue weighted by Crippen LogP contribution is 2.23. The molecule has 0 fully saturated rings. The topological polar surface area (TPSA) is 98.7 Å². The Kier molecular flexibility index (Phi) is 6.97. The summed E-state index contributed by atoms with van der Waals surface area (Å²) in [6, 6.07) is 7.36. The second-order valence-corrected chi connectivity index (χ2v) is 6.47. The van der Waals surface area contributed by atoms with Gasteiger partial charge in [-0.1, -0.05) is 30.4 Å². The van der Waals surface area contributed by atoms with Gasteiger partial charge in [0.1, 0.15) is 0 Å². The molecule has 0 aliphatic carbocycles. The van der Waals surface area contributed by atoms with Crippen LogP contribution in [-0.2, 0) is 10.3 Å². The van der Waals surface area contributed by atoms with Gasteiger partial charge in [-0.05, 0) is 38.0 Å². The molecule has 0 spiro atoms. The lowest BCUT2D eigenvalue weighted by molar-refractivity contribution is -0.138. The van der Waals surface area contributed by atoms with Gasteiger partial charge >= 0.3 is 12.0 Å². The molecule has 0 saturated carbocycles. The molecule has 0 radical (unpaired) electrons. The summed E-state index contributed by atoms with van der Waals surface area (Å²) in [5.41, 5.74) is 2.26. The maximum atomic E-state index is 12.1. The number of aliphatic carboxylic acids is 1. The number of amides is 2. The Morgan fingerprint density at radius 2 is 2.00 bits per heavy atom. The van der Waals surface area contributed by atoms with Gasteiger partial charge < -0.3 is 20.8 Å². The Labute approximate surface area is 142 Å². The van der Waals surface area contributed by atoms with E-state index in [0.29, 0.717) is 0 Å². The normalized spacial score (nSPS) is 12.3. The first kappa shape index (κ1) is 19.7. The van der Waals surface area contributed by atoms with Crippen molar-refractivity contribution < 1.29 is 19.8 Å². The number of carboxylic acids is 1. The first-order chi connectivity index (χ1) is 11.2. The molecule has 0 aromatic heterocycles. The Morgan fingerprint density at radius 3 is 2.54 bits per heavy atom. The van der Waals surface area contributed by atoms with Gasteiger partial charge in [-0.2, -0.15) is 0 Å². The van der Waals surface area contributed by atoms with Crippen LogP contribution in [0.25, 0.3) is 5.57 Å². The van der Waals surface area contributed by atoms with Gasteiger partial charge in [-0.3, -0.25) is 4.79 Å². The van der Waals surface area contributed by atoms with E-state index in [2.05, 4.69) is 17.2 Å². The van der Waals surface area contributed by atoms with Crippen LogP contribution < -0.4 is 10.6 Å². The van der Waals surface area contributed by atoms with Gasteiger partial charge in [-0.15, -0.1) is 0 Å². The summed E-state index contributed by atoms with van der Waals surface area (Å²) in [6.07, 6.45) is -0.194. The van der Waals surface area contributed by atoms with E-state index in [-0.39, 0.29) is 19.6 Å². The van der Waals surface area contributed by atoms with Crippen molar-refractivity contribution in [2.45, 2.75) is 32.7 Å². The highest BCUT2D eigenvalue weighted by atomic mass is 16.4. The van der Waals surface area contributed by atoms with Crippen LogP contribution in [0.15, 0.2) is 30.8 Å². The van der Waals surface area contributed by atoms with Crippen molar-refractivity contribution in [1.82, 2.24) is 10.6 Å². The number of aliphatic hydroxyl groups excluding tert-OH is 1. The summed E-state index contributed by atoms with van der Waals surface area (Å²) in [6.45, 7) is 9.40. The quantitative estimate of drug-likeness (QED) is 0.586. The van der Waals surface area contributed by atoms with Gasteiger partial charge in [0.15, 0.2) is 0 Å². The number of carbonyl (C=O) groups is 2. The Balaban J connectivity index is 2.69. The summed E-state index contributed by atoms with van der Waals surface area (Å²) < 4.78 is 0. The number of rotatable bonds is 8. The molecule has 1 aromatic rings. The number of aliphatic hydroxyl groups is 1. The molecule has 1 rings (SSSR count). The second-order valence-electron chi connectivity index (χ2n) is 6.47. The first-order valence-electron chi connectivity index (χ1n) is 7.80. The number of hydrogen-bond acceptors (Lipinski definition) is 3. The molecule has 24 heavy (non-hydrogen) atoms. The van der Waals surface area contributed by atoms with Gasteiger partial charge in [0.2, 0.25) is 0 Å². The zero-order valence-electron chi connectivity index (χ0n) is 14.4. The van der Waals surface area contributed by atoms with E-state index in [1.165, 1.54) is 0 Å². The fourth-order valence-electron chi connectivity index (χ4n) is 2.26. The van der Waals surface area contributed by atoms with Crippen LogP contribution in [0, 0.1) is 5.92 Å². The first-order valence-corrected chi connectivity index (χ1v) is 7.80. The summed E-state index contributed by atoms with van der Waals surface area (Å²) in [4.78, 5) is 22.8. The van der Waals surface area contributed by atoms with Crippen LogP contribution in [0.2, 0.25) is 0 Å². The molecule has 0 bridgehead atoms. The van der Waals surface area contributed by atoms with Crippen molar-refractivity contribution in [3.8, 4) is 0 Å². The fourth-order valence-corrected chi connectivity index (χ4v) is 2.26. The molecule has 132 valence electrons. The van der Waals surface area contributed by atoms with Crippen molar-refractivity contribution >= 4 is 17.6 Å². The van der Waals surface area contributed by atoms with E-state index in [4.69, 9.17) is 10.2 Å². The summed E-state index contributed by atoms with van der Waals surface area (Å²) in [5, 5.41) is 23.4. The molecular weight excluding hydrogens is 308 g/mol. The van der Waals surface area contributed by atoms with Crippen LogP contribution >= 0.6 is 0 Å². The maximum absolute atomic E-state index is 12.1. The van der Waals surface area contributed by atoms with E-state index >= 15 is 0 Å². The monoisotopic (exact) mass is 334 g/mol. The van der Waals surface area contributed by atoms with E-state index in [0.717, 1.165) is 16.7 Å². The van der Waals surface area contributed by atoms with Crippen molar-refractivity contribution in [3.63, 3.8) is 0 Å². The molecule has 0 saturated heterocycles. The van der Waals surface area contributed by atoms with Crippen molar-refractivity contribution in [3.05, 3.63) is 42.0 Å². The van der Waals surface area contributed by atoms with E-state index < -0.39 is 23.5 Å². The number of carbonyl (C=O) groups excluding carboxylic acids is 1. The number of carboxylic acid groups (broad SMARTS) is 1. The zero-order chi connectivity index (χ0) is 18.3. The van der Waals surface area contributed by atoms with E-state index in [1.807, 2.05) is 45.0 Å². The highest BCUT2D eigenvalue weighted by molar-refractivity contribution is 5.75. The van der Waals surface area contributed by atoms with E-state index in [9.17, 15) is 9.59 Å².